The molecule has 0 amide bonds. The van der Waals surface area contributed by atoms with Crippen molar-refractivity contribution >= 4 is 0 Å². The molecule has 0 aliphatic rings. The van der Waals surface area contributed by atoms with E-state index in [0.29, 0.717) is 18.2 Å². The molecule has 1 unspecified atom stereocenters. The highest BCUT2D eigenvalue weighted by molar-refractivity contribution is 5.29. The molecule has 0 aliphatic heterocycles. The molecule has 1 aromatic rings. The van der Waals surface area contributed by atoms with Crippen LogP contribution in [0.2, 0.25) is 0 Å². The van der Waals surface area contributed by atoms with Crippen molar-refractivity contribution in [1.29, 1.82) is 0 Å². The predicted molar refractivity (Wildman–Crippen MR) is 72.4 cm³/mol. The molecule has 0 heterocycles. The largest absolute Gasteiger partial charge is 0.494 e. The number of hydrogen-bond acceptors (Lipinski definition) is 3. The van der Waals surface area contributed by atoms with Gasteiger partial charge in [-0.3, -0.25) is 0 Å². The van der Waals surface area contributed by atoms with E-state index < -0.39 is 0 Å². The number of nitrogens with one attached hydrogen (secondary N) is 2. The first-order chi connectivity index (χ1) is 8.71. The van der Waals surface area contributed by atoms with E-state index in [1.165, 1.54) is 13.2 Å². The van der Waals surface area contributed by atoms with Gasteiger partial charge in [0.25, 0.3) is 0 Å². The molecule has 0 aromatic heterocycles. The van der Waals surface area contributed by atoms with E-state index in [0.717, 1.165) is 25.1 Å². The molecule has 1 rings (SSSR count). The van der Waals surface area contributed by atoms with Gasteiger partial charge in [0.05, 0.1) is 7.11 Å². The second-order valence-corrected chi connectivity index (χ2v) is 4.43. The lowest BCUT2D eigenvalue weighted by atomic mass is 10.1. The van der Waals surface area contributed by atoms with Crippen molar-refractivity contribution in [2.24, 2.45) is 5.92 Å². The van der Waals surface area contributed by atoms with Gasteiger partial charge in [0, 0.05) is 6.54 Å². The van der Waals surface area contributed by atoms with Gasteiger partial charge < -0.3 is 15.4 Å². The van der Waals surface area contributed by atoms with E-state index in [9.17, 15) is 4.39 Å². The third kappa shape index (κ3) is 4.63. The summed E-state index contributed by atoms with van der Waals surface area (Å²) in [6, 6.07) is 5.07. The summed E-state index contributed by atoms with van der Waals surface area (Å²) in [5.41, 5.74) is 0.938. The molecule has 0 fully saturated rings. The molecule has 1 atom stereocenters. The zero-order valence-electron chi connectivity index (χ0n) is 11.4. The fourth-order valence-corrected chi connectivity index (χ4v) is 1.89. The van der Waals surface area contributed by atoms with E-state index >= 15 is 0 Å². The number of benzene rings is 1. The third-order valence-electron chi connectivity index (χ3n) is 3.05. The van der Waals surface area contributed by atoms with E-state index in [1.807, 2.05) is 13.1 Å². The monoisotopic (exact) mass is 254 g/mol. The summed E-state index contributed by atoms with van der Waals surface area (Å²) in [4.78, 5) is 0. The topological polar surface area (TPSA) is 33.3 Å². The van der Waals surface area contributed by atoms with Crippen LogP contribution in [0.5, 0.6) is 5.75 Å². The molecule has 4 heteroatoms. The Hall–Kier alpha value is -1.13. The summed E-state index contributed by atoms with van der Waals surface area (Å²) in [5.74, 6) is 0.595. The smallest absolute Gasteiger partial charge is 0.165 e. The Morgan fingerprint density at radius 3 is 2.67 bits per heavy atom. The van der Waals surface area contributed by atoms with Crippen LogP contribution < -0.4 is 15.4 Å². The highest BCUT2D eigenvalue weighted by Gasteiger charge is 2.06. The molecular formula is C14H23FN2O. The number of methoxy groups -OCH3 is 1. The zero-order chi connectivity index (χ0) is 13.4. The van der Waals surface area contributed by atoms with Gasteiger partial charge in [-0.05, 0) is 43.8 Å². The lowest BCUT2D eigenvalue weighted by Gasteiger charge is -2.15. The Balaban J connectivity index is 2.41. The molecular weight excluding hydrogens is 231 g/mol. The molecule has 0 spiro atoms. The zero-order valence-corrected chi connectivity index (χ0v) is 11.4. The van der Waals surface area contributed by atoms with Gasteiger partial charge >= 0.3 is 0 Å². The third-order valence-corrected chi connectivity index (χ3v) is 3.05. The van der Waals surface area contributed by atoms with Crippen LogP contribution in [-0.2, 0) is 6.54 Å². The summed E-state index contributed by atoms with van der Waals surface area (Å²) in [5, 5.41) is 6.53. The fourth-order valence-electron chi connectivity index (χ4n) is 1.89. The first-order valence-electron chi connectivity index (χ1n) is 6.39. The average molecular weight is 254 g/mol. The van der Waals surface area contributed by atoms with E-state index in [1.54, 1.807) is 6.07 Å². The van der Waals surface area contributed by atoms with E-state index in [4.69, 9.17) is 4.74 Å². The van der Waals surface area contributed by atoms with Crippen molar-refractivity contribution in [3.8, 4) is 5.75 Å². The Morgan fingerprint density at radius 2 is 2.11 bits per heavy atom. The number of rotatable bonds is 8. The molecule has 0 aliphatic carbocycles. The predicted octanol–water partition coefficient (Wildman–Crippen LogP) is 2.17. The van der Waals surface area contributed by atoms with Gasteiger partial charge in [-0.15, -0.1) is 0 Å². The summed E-state index contributed by atoms with van der Waals surface area (Å²) >= 11 is 0. The fraction of sp³-hybridized carbons (Fsp3) is 0.571. The van der Waals surface area contributed by atoms with Crippen molar-refractivity contribution in [3.63, 3.8) is 0 Å². The molecule has 18 heavy (non-hydrogen) atoms. The van der Waals surface area contributed by atoms with E-state index in [2.05, 4.69) is 17.6 Å². The first kappa shape index (κ1) is 14.9. The number of hydrogen-bond donors (Lipinski definition) is 2. The summed E-state index contributed by atoms with van der Waals surface area (Å²) in [6.45, 7) is 4.79. The molecule has 1 aromatic carbocycles. The van der Waals surface area contributed by atoms with Crippen molar-refractivity contribution in [3.05, 3.63) is 29.6 Å². The summed E-state index contributed by atoms with van der Waals surface area (Å²) < 4.78 is 18.3. The van der Waals surface area contributed by atoms with E-state index in [-0.39, 0.29) is 5.82 Å². The Morgan fingerprint density at radius 1 is 1.33 bits per heavy atom. The lowest BCUT2D eigenvalue weighted by molar-refractivity contribution is 0.385. The van der Waals surface area contributed by atoms with Crippen LogP contribution in [0, 0.1) is 11.7 Å². The van der Waals surface area contributed by atoms with Gasteiger partial charge in [0.15, 0.2) is 11.6 Å². The van der Waals surface area contributed by atoms with Crippen LogP contribution in [0.15, 0.2) is 18.2 Å². The van der Waals surface area contributed by atoms with Crippen molar-refractivity contribution in [2.45, 2.75) is 19.9 Å². The van der Waals surface area contributed by atoms with Gasteiger partial charge in [0.2, 0.25) is 0 Å². The van der Waals surface area contributed by atoms with Crippen LogP contribution in [0.3, 0.4) is 0 Å². The van der Waals surface area contributed by atoms with Crippen LogP contribution in [0.1, 0.15) is 18.9 Å². The Bertz CT molecular complexity index is 358. The highest BCUT2D eigenvalue weighted by atomic mass is 19.1. The number of ether oxygens (including phenoxy) is 1. The van der Waals surface area contributed by atoms with Gasteiger partial charge in [-0.1, -0.05) is 19.4 Å². The van der Waals surface area contributed by atoms with Gasteiger partial charge in [-0.2, -0.15) is 0 Å². The molecule has 0 saturated carbocycles. The average Bonchev–Trinajstić information content (AvgIpc) is 2.38. The normalized spacial score (nSPS) is 12.4. The lowest BCUT2D eigenvalue weighted by Crippen LogP contribution is -2.29. The summed E-state index contributed by atoms with van der Waals surface area (Å²) in [7, 11) is 3.43. The molecule has 3 nitrogen and oxygen atoms in total. The minimum absolute atomic E-state index is 0.292. The maximum Gasteiger partial charge on any atom is 0.165 e. The Kier molecular flexibility index (Phi) is 6.68. The maximum absolute atomic E-state index is 13.5. The molecule has 102 valence electrons. The first-order valence-corrected chi connectivity index (χ1v) is 6.39. The highest BCUT2D eigenvalue weighted by Crippen LogP contribution is 2.17. The minimum Gasteiger partial charge on any atom is -0.494 e. The van der Waals surface area contributed by atoms with Crippen LogP contribution in [0.25, 0.3) is 0 Å². The van der Waals surface area contributed by atoms with Gasteiger partial charge in [-0.25, -0.2) is 4.39 Å². The molecule has 0 bridgehead atoms. The van der Waals surface area contributed by atoms with Crippen LogP contribution >= 0.6 is 0 Å². The minimum atomic E-state index is -0.306. The molecule has 2 N–H and O–H groups in total. The maximum atomic E-state index is 13.5. The quantitative estimate of drug-likeness (QED) is 0.746. The summed E-state index contributed by atoms with van der Waals surface area (Å²) in [6.07, 6.45) is 1.13. The van der Waals surface area contributed by atoms with Crippen LogP contribution in [-0.4, -0.2) is 27.2 Å². The van der Waals surface area contributed by atoms with Crippen molar-refractivity contribution in [1.82, 2.24) is 10.6 Å². The standard InChI is InChI=1S/C14H23FN2O/c1-4-11(8-16-2)9-17-10-12-5-6-14(18-3)13(15)7-12/h5-7,11,16-17H,4,8-10H2,1-3H3. The van der Waals surface area contributed by atoms with Crippen molar-refractivity contribution < 1.29 is 9.13 Å². The van der Waals surface area contributed by atoms with Gasteiger partial charge in [0.1, 0.15) is 0 Å². The van der Waals surface area contributed by atoms with Crippen molar-refractivity contribution in [2.75, 3.05) is 27.2 Å². The molecule has 0 saturated heterocycles. The Labute approximate surface area is 109 Å². The SMILES string of the molecule is CCC(CNC)CNCc1ccc(OC)c(F)c1. The molecule has 0 radical (unpaired) electrons. The second kappa shape index (κ2) is 8.06. The van der Waals surface area contributed by atoms with Crippen LogP contribution in [0.4, 0.5) is 4.39 Å². The number of halogens is 1. The second-order valence-electron chi connectivity index (χ2n) is 4.43.